The molecule has 0 aliphatic carbocycles. The molecule has 3 amide bonds. The summed E-state index contributed by atoms with van der Waals surface area (Å²) in [6, 6.07) is 19.9. The minimum Gasteiger partial charge on any atom is -0.493 e. The van der Waals surface area contributed by atoms with Gasteiger partial charge in [-0.05, 0) is 94.9 Å². The zero-order valence-electron chi connectivity index (χ0n) is 20.7. The minimum atomic E-state index is -0.356. The summed E-state index contributed by atoms with van der Waals surface area (Å²) in [6.07, 6.45) is 1.64. The summed E-state index contributed by atoms with van der Waals surface area (Å²) in [5, 5.41) is 2.46. The monoisotopic (exact) mass is 644 g/mol. The number of hydrogen-bond acceptors (Lipinski definition) is 7. The lowest BCUT2D eigenvalue weighted by Gasteiger charge is -2.13. The highest BCUT2D eigenvalue weighted by Crippen LogP contribution is 2.35. The first-order valence-electron chi connectivity index (χ1n) is 11.7. The molecule has 0 saturated carbocycles. The third-order valence-corrected chi connectivity index (χ3v) is 7.06. The quantitative estimate of drug-likeness (QED) is 0.215. The molecular formula is C28H25IN2O6S. The van der Waals surface area contributed by atoms with Crippen molar-refractivity contribution in [1.29, 1.82) is 0 Å². The van der Waals surface area contributed by atoms with Gasteiger partial charge in [-0.2, -0.15) is 0 Å². The summed E-state index contributed by atoms with van der Waals surface area (Å²) in [4.78, 5) is 39.4. The van der Waals surface area contributed by atoms with E-state index in [2.05, 4.69) is 27.9 Å². The summed E-state index contributed by atoms with van der Waals surface area (Å²) in [5.74, 6) is 0.629. The largest absolute Gasteiger partial charge is 0.493 e. The van der Waals surface area contributed by atoms with E-state index in [0.29, 0.717) is 40.0 Å². The Kier molecular flexibility index (Phi) is 9.29. The predicted molar refractivity (Wildman–Crippen MR) is 155 cm³/mol. The Morgan fingerprint density at radius 2 is 1.76 bits per heavy atom. The van der Waals surface area contributed by atoms with Gasteiger partial charge in [-0.1, -0.05) is 30.3 Å². The normalized spacial score (nSPS) is 14.1. The molecule has 1 aliphatic heterocycles. The highest BCUT2D eigenvalue weighted by molar-refractivity contribution is 14.1. The Hall–Kier alpha value is -3.51. The molecule has 4 rings (SSSR count). The van der Waals surface area contributed by atoms with Gasteiger partial charge in [0, 0.05) is 3.57 Å². The summed E-state index contributed by atoms with van der Waals surface area (Å²) < 4.78 is 17.7. The number of amides is 3. The number of imide groups is 1. The molecule has 1 N–H and O–H groups in total. The fourth-order valence-electron chi connectivity index (χ4n) is 3.63. The van der Waals surface area contributed by atoms with Crippen LogP contribution in [0.4, 0.5) is 10.5 Å². The maximum Gasteiger partial charge on any atom is 0.293 e. The van der Waals surface area contributed by atoms with Gasteiger partial charge in [0.25, 0.3) is 17.1 Å². The molecule has 3 aromatic carbocycles. The number of ether oxygens (including phenoxy) is 3. The highest BCUT2D eigenvalue weighted by Gasteiger charge is 2.35. The van der Waals surface area contributed by atoms with Gasteiger partial charge < -0.3 is 19.5 Å². The van der Waals surface area contributed by atoms with Crippen LogP contribution in [0.5, 0.6) is 17.2 Å². The lowest BCUT2D eigenvalue weighted by atomic mass is 10.1. The van der Waals surface area contributed by atoms with E-state index in [1.807, 2.05) is 37.3 Å². The van der Waals surface area contributed by atoms with Gasteiger partial charge in [-0.15, -0.1) is 0 Å². The molecule has 1 aliphatic rings. The molecule has 38 heavy (non-hydrogen) atoms. The van der Waals surface area contributed by atoms with E-state index in [-0.39, 0.29) is 30.2 Å². The number of nitrogens with one attached hydrogen (secondary N) is 1. The van der Waals surface area contributed by atoms with Gasteiger partial charge in [-0.3, -0.25) is 19.3 Å². The lowest BCUT2D eigenvalue weighted by molar-refractivity contribution is -0.123. The van der Waals surface area contributed by atoms with Gasteiger partial charge >= 0.3 is 0 Å². The maximum absolute atomic E-state index is 12.9. The van der Waals surface area contributed by atoms with E-state index in [1.165, 1.54) is 12.0 Å². The van der Waals surface area contributed by atoms with Crippen LogP contribution < -0.4 is 19.5 Å². The number of thioether (sulfide) groups is 1. The summed E-state index contributed by atoms with van der Waals surface area (Å²) >= 11 is 3.10. The van der Waals surface area contributed by atoms with Gasteiger partial charge in [0.15, 0.2) is 18.1 Å². The molecule has 1 fully saturated rings. The zero-order valence-corrected chi connectivity index (χ0v) is 23.7. The molecule has 1 heterocycles. The van der Waals surface area contributed by atoms with E-state index in [9.17, 15) is 14.4 Å². The van der Waals surface area contributed by atoms with Crippen molar-refractivity contribution in [2.45, 2.75) is 13.5 Å². The number of anilines is 1. The molecule has 196 valence electrons. The number of nitrogens with zero attached hydrogens (tertiary/aromatic N) is 1. The number of methoxy groups -OCH3 is 1. The van der Waals surface area contributed by atoms with E-state index in [4.69, 9.17) is 14.2 Å². The summed E-state index contributed by atoms with van der Waals surface area (Å²) in [6.45, 7) is 2.32. The molecule has 0 aromatic heterocycles. The van der Waals surface area contributed by atoms with E-state index in [0.717, 1.165) is 20.9 Å². The predicted octanol–water partition coefficient (Wildman–Crippen LogP) is 5.95. The second-order valence-electron chi connectivity index (χ2n) is 8.07. The molecule has 10 heteroatoms. The number of carbonyl (C=O) groups is 3. The van der Waals surface area contributed by atoms with Crippen LogP contribution in [-0.4, -0.2) is 42.3 Å². The number of para-hydroxylation sites is 2. The van der Waals surface area contributed by atoms with Crippen molar-refractivity contribution in [2.24, 2.45) is 0 Å². The SMILES string of the molecule is CCOc1ccccc1NC(=O)COc1ccc(/C=C2/SC(=O)N(Cc3ccc(I)cc3)C2=O)cc1OC. The number of hydrogen-bond donors (Lipinski definition) is 1. The van der Waals surface area contributed by atoms with E-state index < -0.39 is 0 Å². The highest BCUT2D eigenvalue weighted by atomic mass is 127. The van der Waals surface area contributed by atoms with Gasteiger partial charge in [0.2, 0.25) is 0 Å². The third kappa shape index (κ3) is 6.87. The molecule has 8 nitrogen and oxygen atoms in total. The topological polar surface area (TPSA) is 94.2 Å². The molecule has 0 unspecified atom stereocenters. The van der Waals surface area contributed by atoms with Crippen molar-refractivity contribution < 1.29 is 28.6 Å². The van der Waals surface area contributed by atoms with Gasteiger partial charge in [0.1, 0.15) is 5.75 Å². The number of halogens is 1. The Bertz CT molecular complexity index is 1380. The number of rotatable bonds is 10. The second kappa shape index (κ2) is 12.8. The molecule has 0 radical (unpaired) electrons. The van der Waals surface area contributed by atoms with Crippen molar-refractivity contribution in [3.63, 3.8) is 0 Å². The van der Waals surface area contributed by atoms with Crippen LogP contribution in [-0.2, 0) is 16.1 Å². The standard InChI is InChI=1S/C28H25IN2O6S/c1-3-36-22-7-5-4-6-21(22)30-26(32)17-37-23-13-10-19(14-24(23)35-2)15-25-27(33)31(28(34)38-25)16-18-8-11-20(29)12-9-18/h4-15H,3,16-17H2,1-2H3,(H,30,32)/b25-15+. The Morgan fingerprint density at radius 3 is 2.50 bits per heavy atom. The van der Waals surface area contributed by atoms with Crippen LogP contribution in [0, 0.1) is 3.57 Å². The zero-order chi connectivity index (χ0) is 27.1. The van der Waals surface area contributed by atoms with Gasteiger partial charge in [0.05, 0.1) is 30.9 Å². The molecule has 0 atom stereocenters. The number of benzene rings is 3. The first kappa shape index (κ1) is 27.5. The Morgan fingerprint density at radius 1 is 1.00 bits per heavy atom. The van der Waals surface area contributed by atoms with Crippen LogP contribution in [0.2, 0.25) is 0 Å². The summed E-state index contributed by atoms with van der Waals surface area (Å²) in [7, 11) is 1.49. The Balaban J connectivity index is 1.41. The third-order valence-electron chi connectivity index (χ3n) is 5.43. The average molecular weight is 644 g/mol. The molecule has 3 aromatic rings. The molecule has 0 spiro atoms. The van der Waals surface area contributed by atoms with Crippen LogP contribution in [0.15, 0.2) is 71.6 Å². The molecule has 1 saturated heterocycles. The van der Waals surface area contributed by atoms with Crippen LogP contribution in [0.1, 0.15) is 18.1 Å². The van der Waals surface area contributed by atoms with Crippen molar-refractivity contribution in [2.75, 3.05) is 25.6 Å². The van der Waals surface area contributed by atoms with Gasteiger partial charge in [-0.25, -0.2) is 0 Å². The fraction of sp³-hybridized carbons (Fsp3) is 0.179. The van der Waals surface area contributed by atoms with Crippen LogP contribution in [0.3, 0.4) is 0 Å². The molecular weight excluding hydrogens is 619 g/mol. The second-order valence-corrected chi connectivity index (χ2v) is 10.3. The molecule has 0 bridgehead atoms. The van der Waals surface area contributed by atoms with Crippen LogP contribution in [0.25, 0.3) is 6.08 Å². The summed E-state index contributed by atoms with van der Waals surface area (Å²) in [5.41, 5.74) is 2.09. The average Bonchev–Trinajstić information content (AvgIpc) is 3.17. The first-order valence-corrected chi connectivity index (χ1v) is 13.6. The smallest absolute Gasteiger partial charge is 0.293 e. The van der Waals surface area contributed by atoms with Crippen molar-refractivity contribution in [3.05, 3.63) is 86.3 Å². The van der Waals surface area contributed by atoms with Crippen molar-refractivity contribution in [3.8, 4) is 17.2 Å². The van der Waals surface area contributed by atoms with E-state index in [1.54, 1.807) is 42.5 Å². The minimum absolute atomic E-state index is 0.214. The van der Waals surface area contributed by atoms with Crippen LogP contribution >= 0.6 is 34.4 Å². The maximum atomic E-state index is 12.9. The van der Waals surface area contributed by atoms with Crippen molar-refractivity contribution >= 4 is 63.2 Å². The van der Waals surface area contributed by atoms with Crippen molar-refractivity contribution in [1.82, 2.24) is 4.90 Å². The fourth-order valence-corrected chi connectivity index (χ4v) is 4.83. The Labute approximate surface area is 238 Å². The lowest BCUT2D eigenvalue weighted by Crippen LogP contribution is -2.27. The van der Waals surface area contributed by atoms with E-state index >= 15 is 0 Å². The number of carbonyl (C=O) groups excluding carboxylic acids is 3. The first-order chi connectivity index (χ1) is 18.4.